The second-order valence-electron chi connectivity index (χ2n) is 2.91. The number of rotatable bonds is 8. The van der Waals surface area contributed by atoms with Crippen LogP contribution in [0.3, 0.4) is 0 Å². The van der Waals surface area contributed by atoms with E-state index >= 15 is 0 Å². The molecule has 1 atom stereocenters. The molecule has 0 heterocycles. The molecule has 0 bridgehead atoms. The van der Waals surface area contributed by atoms with Crippen molar-refractivity contribution in [2.24, 2.45) is 5.73 Å². The highest BCUT2D eigenvalue weighted by molar-refractivity contribution is 5.84. The molecule has 0 spiro atoms. The number of ether oxygens (including phenoxy) is 2. The Morgan fingerprint density at radius 1 is 1.46 bits per heavy atom. The van der Waals surface area contributed by atoms with E-state index in [1.165, 1.54) is 0 Å². The fourth-order valence-electron chi connectivity index (χ4n) is 0.830. The second kappa shape index (κ2) is 8.16. The number of carbonyl (C=O) groups is 1. The molecule has 0 aliphatic rings. The van der Waals surface area contributed by atoms with Gasteiger partial charge in [0.25, 0.3) is 0 Å². The van der Waals surface area contributed by atoms with Gasteiger partial charge in [0.1, 0.15) is 6.61 Å². The van der Waals surface area contributed by atoms with Crippen LogP contribution in [0.1, 0.15) is 19.8 Å². The third-order valence-corrected chi connectivity index (χ3v) is 1.64. The summed E-state index contributed by atoms with van der Waals surface area (Å²) in [5.74, 6) is -0.0505. The highest BCUT2D eigenvalue weighted by Crippen LogP contribution is 1.92. The molecular weight excluding hydrogens is 170 g/mol. The Labute approximate surface area is 79.4 Å². The molecule has 0 aliphatic carbocycles. The Morgan fingerprint density at radius 3 is 2.69 bits per heavy atom. The highest BCUT2D eigenvalue weighted by atomic mass is 16.5. The minimum absolute atomic E-state index is 0.0505. The van der Waals surface area contributed by atoms with Crippen molar-refractivity contribution in [2.75, 3.05) is 26.9 Å². The van der Waals surface area contributed by atoms with E-state index in [1.54, 1.807) is 7.11 Å². The molecule has 4 nitrogen and oxygen atoms in total. The number of hydrogen-bond donors (Lipinski definition) is 1. The molecule has 2 N–H and O–H groups in total. The van der Waals surface area contributed by atoms with E-state index in [9.17, 15) is 4.79 Å². The van der Waals surface area contributed by atoms with Crippen LogP contribution in [0.5, 0.6) is 0 Å². The second-order valence-corrected chi connectivity index (χ2v) is 2.91. The fraction of sp³-hybridized carbons (Fsp3) is 0.889. The topological polar surface area (TPSA) is 61.5 Å². The maximum atomic E-state index is 11.2. The van der Waals surface area contributed by atoms with E-state index in [0.29, 0.717) is 19.6 Å². The summed E-state index contributed by atoms with van der Waals surface area (Å²) in [6, 6.07) is -0.447. The highest BCUT2D eigenvalue weighted by Gasteiger charge is 2.12. The van der Waals surface area contributed by atoms with Crippen molar-refractivity contribution in [3.05, 3.63) is 0 Å². The molecule has 0 aromatic heterocycles. The van der Waals surface area contributed by atoms with Crippen LogP contribution in [-0.2, 0) is 14.3 Å². The van der Waals surface area contributed by atoms with Crippen molar-refractivity contribution in [3.63, 3.8) is 0 Å². The van der Waals surface area contributed by atoms with E-state index in [-0.39, 0.29) is 12.4 Å². The largest absolute Gasteiger partial charge is 0.385 e. The summed E-state index contributed by atoms with van der Waals surface area (Å²) in [6.07, 6.45) is 1.48. The number of methoxy groups -OCH3 is 1. The predicted molar refractivity (Wildman–Crippen MR) is 50.6 cm³/mol. The Bertz CT molecular complexity index is 139. The van der Waals surface area contributed by atoms with E-state index < -0.39 is 6.04 Å². The van der Waals surface area contributed by atoms with Crippen LogP contribution in [0.4, 0.5) is 0 Å². The maximum absolute atomic E-state index is 11.2. The van der Waals surface area contributed by atoms with Crippen LogP contribution in [0, 0.1) is 0 Å². The van der Waals surface area contributed by atoms with E-state index in [2.05, 4.69) is 0 Å². The SMILES string of the molecule is CCCOCC(=O)C(N)CCOC. The number of nitrogens with two attached hydrogens (primary N) is 1. The molecule has 0 aliphatic heterocycles. The summed E-state index contributed by atoms with van der Waals surface area (Å²) < 4.78 is 9.89. The van der Waals surface area contributed by atoms with Gasteiger partial charge in [0.15, 0.2) is 5.78 Å². The third kappa shape index (κ3) is 6.69. The van der Waals surface area contributed by atoms with Crippen LogP contribution in [0.15, 0.2) is 0 Å². The minimum Gasteiger partial charge on any atom is -0.385 e. The Balaban J connectivity index is 3.45. The van der Waals surface area contributed by atoms with Crippen molar-refractivity contribution >= 4 is 5.78 Å². The van der Waals surface area contributed by atoms with Gasteiger partial charge in [-0.3, -0.25) is 4.79 Å². The van der Waals surface area contributed by atoms with E-state index in [1.807, 2.05) is 6.92 Å². The zero-order valence-corrected chi connectivity index (χ0v) is 8.41. The van der Waals surface area contributed by atoms with Crippen molar-refractivity contribution in [3.8, 4) is 0 Å². The van der Waals surface area contributed by atoms with Gasteiger partial charge >= 0.3 is 0 Å². The first-order chi connectivity index (χ1) is 6.22. The van der Waals surface area contributed by atoms with Gasteiger partial charge in [0.05, 0.1) is 6.04 Å². The van der Waals surface area contributed by atoms with Gasteiger partial charge < -0.3 is 15.2 Å². The summed E-state index contributed by atoms with van der Waals surface area (Å²) in [7, 11) is 1.59. The first kappa shape index (κ1) is 12.6. The molecule has 0 radical (unpaired) electrons. The average molecular weight is 189 g/mol. The number of ketones is 1. The molecule has 0 fully saturated rings. The van der Waals surface area contributed by atoms with Gasteiger partial charge in [-0.1, -0.05) is 6.92 Å². The standard InChI is InChI=1S/C9H19NO3/c1-3-5-13-7-9(11)8(10)4-6-12-2/h8H,3-7,10H2,1-2H3. The summed E-state index contributed by atoms with van der Waals surface area (Å²) in [6.45, 7) is 3.25. The first-order valence-corrected chi connectivity index (χ1v) is 4.57. The predicted octanol–water partition coefficient (Wildman–Crippen LogP) is 0.346. The lowest BCUT2D eigenvalue weighted by Gasteiger charge is -2.09. The smallest absolute Gasteiger partial charge is 0.175 e. The Morgan fingerprint density at radius 2 is 2.15 bits per heavy atom. The van der Waals surface area contributed by atoms with Gasteiger partial charge in [-0.15, -0.1) is 0 Å². The Hall–Kier alpha value is -0.450. The van der Waals surface area contributed by atoms with Crippen LogP contribution >= 0.6 is 0 Å². The van der Waals surface area contributed by atoms with E-state index in [0.717, 1.165) is 6.42 Å². The monoisotopic (exact) mass is 189 g/mol. The molecule has 0 amide bonds. The fourth-order valence-corrected chi connectivity index (χ4v) is 0.830. The summed E-state index contributed by atoms with van der Waals surface area (Å²) in [5, 5.41) is 0. The summed E-state index contributed by atoms with van der Waals surface area (Å²) in [5.41, 5.74) is 5.58. The zero-order valence-electron chi connectivity index (χ0n) is 8.41. The molecule has 0 rings (SSSR count). The molecule has 0 saturated carbocycles. The van der Waals surface area contributed by atoms with Crippen LogP contribution in [-0.4, -0.2) is 38.8 Å². The molecule has 0 aromatic rings. The molecule has 1 unspecified atom stereocenters. The minimum atomic E-state index is -0.447. The van der Waals surface area contributed by atoms with Crippen LogP contribution in [0.25, 0.3) is 0 Å². The van der Waals surface area contributed by atoms with Crippen LogP contribution < -0.4 is 5.73 Å². The van der Waals surface area contributed by atoms with Gasteiger partial charge in [0, 0.05) is 20.3 Å². The quantitative estimate of drug-likeness (QED) is 0.559. The zero-order chi connectivity index (χ0) is 10.1. The van der Waals surface area contributed by atoms with Gasteiger partial charge in [-0.25, -0.2) is 0 Å². The summed E-state index contributed by atoms with van der Waals surface area (Å²) >= 11 is 0. The van der Waals surface area contributed by atoms with Crippen LogP contribution in [0.2, 0.25) is 0 Å². The van der Waals surface area contributed by atoms with E-state index in [4.69, 9.17) is 15.2 Å². The lowest BCUT2D eigenvalue weighted by Crippen LogP contribution is -2.34. The van der Waals surface area contributed by atoms with Crippen molar-refractivity contribution in [2.45, 2.75) is 25.8 Å². The maximum Gasteiger partial charge on any atom is 0.175 e. The van der Waals surface area contributed by atoms with Crippen molar-refractivity contribution < 1.29 is 14.3 Å². The molecule has 0 saturated heterocycles. The van der Waals surface area contributed by atoms with Gasteiger partial charge in [-0.2, -0.15) is 0 Å². The first-order valence-electron chi connectivity index (χ1n) is 4.57. The number of hydrogen-bond acceptors (Lipinski definition) is 4. The molecule has 78 valence electrons. The molecule has 0 aromatic carbocycles. The lowest BCUT2D eigenvalue weighted by atomic mass is 10.1. The van der Waals surface area contributed by atoms with Crippen molar-refractivity contribution in [1.29, 1.82) is 0 Å². The van der Waals surface area contributed by atoms with Gasteiger partial charge in [-0.05, 0) is 12.8 Å². The number of Topliss-reactive ketones (excluding diaryl/α,β-unsaturated/α-hetero) is 1. The Kier molecular flexibility index (Phi) is 7.88. The normalized spacial score (nSPS) is 12.8. The average Bonchev–Trinajstić information content (AvgIpc) is 2.14. The molecule has 4 heteroatoms. The lowest BCUT2D eigenvalue weighted by molar-refractivity contribution is -0.125. The van der Waals surface area contributed by atoms with Crippen molar-refractivity contribution in [1.82, 2.24) is 0 Å². The third-order valence-electron chi connectivity index (χ3n) is 1.64. The molecule has 13 heavy (non-hydrogen) atoms. The molecular formula is C9H19NO3. The summed E-state index contributed by atoms with van der Waals surface area (Å²) in [4.78, 5) is 11.2. The number of carbonyl (C=O) groups excluding carboxylic acids is 1. The van der Waals surface area contributed by atoms with Gasteiger partial charge in [0.2, 0.25) is 0 Å².